The molecule has 3 aromatic carbocycles. The van der Waals surface area contributed by atoms with Gasteiger partial charge in [0.1, 0.15) is 17.4 Å². The van der Waals surface area contributed by atoms with Crippen molar-refractivity contribution in [2.24, 2.45) is 0 Å². The molecule has 1 amide bonds. The Kier molecular flexibility index (Phi) is 5.61. The summed E-state index contributed by atoms with van der Waals surface area (Å²) in [5.41, 5.74) is 3.38. The number of furan rings is 1. The van der Waals surface area contributed by atoms with Crippen molar-refractivity contribution in [3.63, 3.8) is 0 Å². The number of benzene rings is 3. The molecule has 0 saturated heterocycles. The van der Waals surface area contributed by atoms with Crippen LogP contribution in [-0.4, -0.2) is 23.0 Å². The maximum absolute atomic E-state index is 12.5. The highest BCUT2D eigenvalue weighted by molar-refractivity contribution is 5.87. The van der Waals surface area contributed by atoms with Crippen LogP contribution < -0.4 is 5.32 Å². The highest BCUT2D eigenvalue weighted by Gasteiger charge is 2.20. The molecule has 0 spiro atoms. The monoisotopic (exact) mass is 399 g/mol. The van der Waals surface area contributed by atoms with Gasteiger partial charge in [-0.15, -0.1) is 0 Å². The molecule has 4 aromatic rings. The second-order valence-electron chi connectivity index (χ2n) is 7.17. The molecule has 1 aromatic heterocycles. The number of nitrogens with one attached hydrogen (secondary N) is 1. The van der Waals surface area contributed by atoms with Crippen LogP contribution in [0.4, 0.5) is 0 Å². The summed E-state index contributed by atoms with van der Waals surface area (Å²) in [7, 11) is 0. The van der Waals surface area contributed by atoms with Gasteiger partial charge >= 0.3 is 5.97 Å². The van der Waals surface area contributed by atoms with Gasteiger partial charge in [0.2, 0.25) is 5.91 Å². The normalized spacial score (nSPS) is 11.9. The van der Waals surface area contributed by atoms with Crippen molar-refractivity contribution in [2.75, 3.05) is 0 Å². The van der Waals surface area contributed by atoms with Crippen molar-refractivity contribution in [3.05, 3.63) is 96.1 Å². The Bertz CT molecular complexity index is 1170. The molecule has 0 fully saturated rings. The van der Waals surface area contributed by atoms with E-state index in [0.717, 1.165) is 33.4 Å². The van der Waals surface area contributed by atoms with Crippen molar-refractivity contribution < 1.29 is 19.1 Å². The zero-order chi connectivity index (χ0) is 20.9. The number of hydrogen-bond donors (Lipinski definition) is 2. The molecule has 0 aliphatic heterocycles. The summed E-state index contributed by atoms with van der Waals surface area (Å²) in [6.07, 6.45) is 0.337. The standard InChI is InChI=1S/C25H21NO4/c27-24(26-21(25(28)29)14-17-7-3-1-4-8-17)15-18-11-12-22-20(13-18)16-23(30-22)19-9-5-2-6-10-19/h1-13,16,21H,14-15H2,(H,26,27)(H,28,29)/t21-/m1/s1. The predicted octanol–water partition coefficient (Wildman–Crippen LogP) is 4.45. The van der Waals surface area contributed by atoms with Gasteiger partial charge < -0.3 is 14.8 Å². The molecule has 150 valence electrons. The van der Waals surface area contributed by atoms with Crippen molar-refractivity contribution in [1.29, 1.82) is 0 Å². The summed E-state index contributed by atoms with van der Waals surface area (Å²) in [6, 6.07) is 25.6. The first-order chi connectivity index (χ1) is 14.6. The summed E-state index contributed by atoms with van der Waals surface area (Å²) in [5, 5.41) is 13.0. The highest BCUT2D eigenvalue weighted by atomic mass is 16.4. The van der Waals surface area contributed by atoms with Crippen LogP contribution in [0.3, 0.4) is 0 Å². The molecular weight excluding hydrogens is 378 g/mol. The van der Waals surface area contributed by atoms with E-state index in [-0.39, 0.29) is 18.7 Å². The maximum Gasteiger partial charge on any atom is 0.326 e. The Labute approximate surface area is 174 Å². The van der Waals surface area contributed by atoms with E-state index in [0.29, 0.717) is 0 Å². The van der Waals surface area contributed by atoms with Gasteiger partial charge in [-0.3, -0.25) is 4.79 Å². The second-order valence-corrected chi connectivity index (χ2v) is 7.17. The average Bonchev–Trinajstić information content (AvgIpc) is 3.18. The third kappa shape index (κ3) is 4.58. The van der Waals surface area contributed by atoms with Gasteiger partial charge in [-0.1, -0.05) is 66.7 Å². The van der Waals surface area contributed by atoms with Crippen molar-refractivity contribution in [2.45, 2.75) is 18.9 Å². The maximum atomic E-state index is 12.5. The summed E-state index contributed by atoms with van der Waals surface area (Å²) < 4.78 is 5.90. The first-order valence-corrected chi connectivity index (χ1v) is 9.72. The molecule has 0 unspecified atom stereocenters. The lowest BCUT2D eigenvalue weighted by Gasteiger charge is -2.14. The number of amides is 1. The SMILES string of the molecule is O=C(Cc1ccc2oc(-c3ccccc3)cc2c1)N[C@H](Cc1ccccc1)C(=O)O. The molecule has 1 heterocycles. The van der Waals surface area contributed by atoms with Crippen LogP contribution in [-0.2, 0) is 22.4 Å². The van der Waals surface area contributed by atoms with E-state index in [1.165, 1.54) is 0 Å². The number of carbonyl (C=O) groups excluding carboxylic acids is 1. The lowest BCUT2D eigenvalue weighted by Crippen LogP contribution is -2.43. The van der Waals surface area contributed by atoms with Gasteiger partial charge in [0, 0.05) is 17.4 Å². The molecule has 1 atom stereocenters. The van der Waals surface area contributed by atoms with Gasteiger partial charge in [0.25, 0.3) is 0 Å². The third-order valence-corrected chi connectivity index (χ3v) is 4.92. The number of carbonyl (C=O) groups is 2. The second kappa shape index (κ2) is 8.66. The van der Waals surface area contributed by atoms with Crippen molar-refractivity contribution in [1.82, 2.24) is 5.32 Å². The first kappa shape index (κ1) is 19.5. The molecule has 30 heavy (non-hydrogen) atoms. The summed E-state index contributed by atoms with van der Waals surface area (Å²) in [5.74, 6) is -0.615. The fraction of sp³-hybridized carbons (Fsp3) is 0.120. The van der Waals surface area contributed by atoms with Crippen LogP contribution in [0.1, 0.15) is 11.1 Å². The zero-order valence-corrected chi connectivity index (χ0v) is 16.2. The smallest absolute Gasteiger partial charge is 0.326 e. The predicted molar refractivity (Wildman–Crippen MR) is 115 cm³/mol. The summed E-state index contributed by atoms with van der Waals surface area (Å²) in [4.78, 5) is 24.1. The number of carboxylic acid groups (broad SMARTS) is 1. The molecule has 0 saturated carbocycles. The Morgan fingerprint density at radius 3 is 2.27 bits per heavy atom. The number of carboxylic acids is 1. The van der Waals surface area contributed by atoms with E-state index >= 15 is 0 Å². The van der Waals surface area contributed by atoms with Crippen LogP contribution in [0.2, 0.25) is 0 Å². The molecule has 0 aliphatic carbocycles. The number of fused-ring (bicyclic) bond motifs is 1. The zero-order valence-electron chi connectivity index (χ0n) is 16.2. The molecule has 0 aliphatic rings. The minimum atomic E-state index is -1.05. The minimum absolute atomic E-state index is 0.0976. The van der Waals surface area contributed by atoms with Crippen molar-refractivity contribution >= 4 is 22.8 Å². The van der Waals surface area contributed by atoms with Crippen LogP contribution >= 0.6 is 0 Å². The topological polar surface area (TPSA) is 79.5 Å². The summed E-state index contributed by atoms with van der Waals surface area (Å²) >= 11 is 0. The third-order valence-electron chi connectivity index (χ3n) is 4.92. The fourth-order valence-corrected chi connectivity index (χ4v) is 3.43. The molecule has 0 radical (unpaired) electrons. The van der Waals surface area contributed by atoms with Gasteiger partial charge in [-0.05, 0) is 29.3 Å². The van der Waals surface area contributed by atoms with Gasteiger partial charge in [-0.2, -0.15) is 0 Å². The van der Waals surface area contributed by atoms with Crippen LogP contribution in [0.15, 0.2) is 89.3 Å². The van der Waals surface area contributed by atoms with Gasteiger partial charge in [-0.25, -0.2) is 4.79 Å². The number of rotatable bonds is 7. The Morgan fingerprint density at radius 1 is 0.867 bits per heavy atom. The minimum Gasteiger partial charge on any atom is -0.480 e. The molecule has 4 rings (SSSR count). The largest absolute Gasteiger partial charge is 0.480 e. The van der Waals surface area contributed by atoms with E-state index in [1.54, 1.807) is 0 Å². The Hall–Kier alpha value is -3.86. The lowest BCUT2D eigenvalue weighted by molar-refractivity contribution is -0.141. The Balaban J connectivity index is 1.46. The van der Waals surface area contributed by atoms with E-state index in [1.807, 2.05) is 84.9 Å². The summed E-state index contributed by atoms with van der Waals surface area (Å²) in [6.45, 7) is 0. The van der Waals surface area contributed by atoms with E-state index in [2.05, 4.69) is 5.32 Å². The van der Waals surface area contributed by atoms with Crippen LogP contribution in [0.5, 0.6) is 0 Å². The van der Waals surface area contributed by atoms with E-state index in [4.69, 9.17) is 4.42 Å². The van der Waals surface area contributed by atoms with Gasteiger partial charge in [0.05, 0.1) is 6.42 Å². The van der Waals surface area contributed by atoms with Crippen molar-refractivity contribution in [3.8, 4) is 11.3 Å². The molecule has 0 bridgehead atoms. The number of hydrogen-bond acceptors (Lipinski definition) is 3. The average molecular weight is 399 g/mol. The van der Waals surface area contributed by atoms with Gasteiger partial charge in [0.15, 0.2) is 0 Å². The van der Waals surface area contributed by atoms with Crippen LogP contribution in [0, 0.1) is 0 Å². The molecule has 2 N–H and O–H groups in total. The molecular formula is C25H21NO4. The first-order valence-electron chi connectivity index (χ1n) is 9.72. The Morgan fingerprint density at radius 2 is 1.57 bits per heavy atom. The fourth-order valence-electron chi connectivity index (χ4n) is 3.43. The van der Waals surface area contributed by atoms with E-state index < -0.39 is 12.0 Å². The number of aliphatic carboxylic acids is 1. The lowest BCUT2D eigenvalue weighted by atomic mass is 10.0. The quantitative estimate of drug-likeness (QED) is 0.481. The van der Waals surface area contributed by atoms with E-state index in [9.17, 15) is 14.7 Å². The highest BCUT2D eigenvalue weighted by Crippen LogP contribution is 2.28. The molecule has 5 nitrogen and oxygen atoms in total. The van der Waals surface area contributed by atoms with Crippen LogP contribution in [0.25, 0.3) is 22.3 Å². The molecule has 5 heteroatoms.